The van der Waals surface area contributed by atoms with E-state index in [1.54, 1.807) is 60.0 Å². The van der Waals surface area contributed by atoms with Gasteiger partial charge in [-0.25, -0.2) is 4.98 Å². The number of rotatable bonds is 6. The Kier molecular flexibility index (Phi) is 6.24. The SMILES string of the molecule is Cc1ccc2c(=O)c(-c3nc(-c4ccc(Cl)cc4)no3)cn(CC(=O)Nc3ccc(C(N)=O)cc3)c2n1. The van der Waals surface area contributed by atoms with E-state index in [9.17, 15) is 14.4 Å². The molecule has 0 aliphatic heterocycles. The molecule has 0 spiro atoms. The smallest absolute Gasteiger partial charge is 0.263 e. The molecule has 0 saturated heterocycles. The molecule has 0 bridgehead atoms. The average Bonchev–Trinajstić information content (AvgIpc) is 3.36. The van der Waals surface area contributed by atoms with E-state index in [2.05, 4.69) is 20.4 Å². The van der Waals surface area contributed by atoms with Crippen LogP contribution in [0.4, 0.5) is 5.69 Å². The van der Waals surface area contributed by atoms with Crippen LogP contribution in [0, 0.1) is 6.92 Å². The van der Waals surface area contributed by atoms with Gasteiger partial charge >= 0.3 is 0 Å². The van der Waals surface area contributed by atoms with Crippen molar-refractivity contribution in [3.63, 3.8) is 0 Å². The highest BCUT2D eigenvalue weighted by Gasteiger charge is 2.19. The van der Waals surface area contributed by atoms with Crippen LogP contribution in [0.15, 0.2) is 76.2 Å². The van der Waals surface area contributed by atoms with Gasteiger partial charge in [0, 0.05) is 33.7 Å². The number of anilines is 1. The summed E-state index contributed by atoms with van der Waals surface area (Å²) < 4.78 is 6.96. The zero-order valence-corrected chi connectivity index (χ0v) is 20.2. The number of fused-ring (bicyclic) bond motifs is 1. The summed E-state index contributed by atoms with van der Waals surface area (Å²) in [7, 11) is 0. The number of halogens is 1. The maximum Gasteiger partial charge on any atom is 0.263 e. The molecular formula is C26H19ClN6O4. The highest BCUT2D eigenvalue weighted by molar-refractivity contribution is 6.30. The Morgan fingerprint density at radius 1 is 1.03 bits per heavy atom. The lowest BCUT2D eigenvalue weighted by Crippen LogP contribution is -2.22. The van der Waals surface area contributed by atoms with Crippen LogP contribution in [0.5, 0.6) is 0 Å². The average molecular weight is 515 g/mol. The number of pyridine rings is 2. The second kappa shape index (κ2) is 9.67. The molecule has 0 fully saturated rings. The van der Waals surface area contributed by atoms with Crippen molar-refractivity contribution in [2.75, 3.05) is 5.32 Å². The number of carbonyl (C=O) groups is 2. The van der Waals surface area contributed by atoms with Crippen molar-refractivity contribution in [3.05, 3.63) is 93.4 Å². The first-order valence-electron chi connectivity index (χ1n) is 11.1. The second-order valence-corrected chi connectivity index (χ2v) is 8.68. The molecular weight excluding hydrogens is 496 g/mol. The third-order valence-corrected chi connectivity index (χ3v) is 5.84. The Labute approximate surface area is 214 Å². The highest BCUT2D eigenvalue weighted by atomic mass is 35.5. The van der Waals surface area contributed by atoms with Crippen LogP contribution in [0.25, 0.3) is 33.9 Å². The number of aryl methyl sites for hydroxylation is 1. The lowest BCUT2D eigenvalue weighted by molar-refractivity contribution is -0.116. The third-order valence-electron chi connectivity index (χ3n) is 5.59. The highest BCUT2D eigenvalue weighted by Crippen LogP contribution is 2.23. The Morgan fingerprint density at radius 3 is 2.46 bits per heavy atom. The quantitative estimate of drug-likeness (QED) is 0.350. The number of aromatic nitrogens is 4. The fourth-order valence-electron chi connectivity index (χ4n) is 3.75. The van der Waals surface area contributed by atoms with E-state index in [-0.39, 0.29) is 35.2 Å². The van der Waals surface area contributed by atoms with Crippen LogP contribution < -0.4 is 16.5 Å². The molecule has 10 nitrogen and oxygen atoms in total. The van der Waals surface area contributed by atoms with Gasteiger partial charge in [0.05, 0.1) is 5.39 Å². The van der Waals surface area contributed by atoms with Gasteiger partial charge in [-0.1, -0.05) is 16.8 Å². The lowest BCUT2D eigenvalue weighted by Gasteiger charge is -2.12. The van der Waals surface area contributed by atoms with Crippen LogP contribution in [-0.2, 0) is 11.3 Å². The minimum atomic E-state index is -0.563. The molecule has 5 rings (SSSR count). The molecule has 0 atom stereocenters. The van der Waals surface area contributed by atoms with E-state index in [4.69, 9.17) is 21.9 Å². The van der Waals surface area contributed by atoms with E-state index in [1.165, 1.54) is 18.3 Å². The molecule has 0 radical (unpaired) electrons. The monoisotopic (exact) mass is 514 g/mol. The zero-order chi connectivity index (χ0) is 26.1. The van der Waals surface area contributed by atoms with Gasteiger partial charge < -0.3 is 20.1 Å². The first kappa shape index (κ1) is 23.9. The van der Waals surface area contributed by atoms with E-state index >= 15 is 0 Å². The van der Waals surface area contributed by atoms with Gasteiger partial charge in [0.25, 0.3) is 5.89 Å². The van der Waals surface area contributed by atoms with Crippen molar-refractivity contribution >= 4 is 40.1 Å². The molecule has 5 aromatic rings. The van der Waals surface area contributed by atoms with Gasteiger partial charge in [0.1, 0.15) is 17.8 Å². The van der Waals surface area contributed by atoms with Gasteiger partial charge in [-0.15, -0.1) is 0 Å². The van der Waals surface area contributed by atoms with Gasteiger partial charge in [0.2, 0.25) is 23.1 Å². The number of amides is 2. The van der Waals surface area contributed by atoms with Crippen molar-refractivity contribution in [1.82, 2.24) is 19.7 Å². The third kappa shape index (κ3) is 4.95. The molecule has 11 heteroatoms. The lowest BCUT2D eigenvalue weighted by atomic mass is 10.1. The van der Waals surface area contributed by atoms with Crippen LogP contribution in [0.3, 0.4) is 0 Å². The summed E-state index contributed by atoms with van der Waals surface area (Å²) >= 11 is 5.95. The van der Waals surface area contributed by atoms with E-state index < -0.39 is 5.91 Å². The first-order chi connectivity index (χ1) is 17.8. The minimum Gasteiger partial charge on any atom is -0.366 e. The second-order valence-electron chi connectivity index (χ2n) is 8.24. The fourth-order valence-corrected chi connectivity index (χ4v) is 3.88. The maximum absolute atomic E-state index is 13.3. The summed E-state index contributed by atoms with van der Waals surface area (Å²) in [5.41, 5.74) is 7.53. The molecule has 0 saturated carbocycles. The standard InChI is InChI=1S/C26H19ClN6O4/c1-14-2-11-19-22(35)20(26-31-24(32-37-26)16-3-7-17(27)8-4-16)12-33(25(19)29-14)13-21(34)30-18-9-5-15(6-10-18)23(28)36/h2-12H,13H2,1H3,(H2,28,36)(H,30,34). The van der Waals surface area contributed by atoms with Crippen LogP contribution in [0.2, 0.25) is 5.02 Å². The molecule has 3 aromatic heterocycles. The molecule has 184 valence electrons. The molecule has 2 amide bonds. The number of benzene rings is 2. The van der Waals surface area contributed by atoms with Crippen molar-refractivity contribution in [2.45, 2.75) is 13.5 Å². The number of nitrogens with zero attached hydrogens (tertiary/aromatic N) is 4. The van der Waals surface area contributed by atoms with Crippen molar-refractivity contribution in [2.24, 2.45) is 5.73 Å². The summed E-state index contributed by atoms with van der Waals surface area (Å²) in [5, 5.41) is 7.61. The van der Waals surface area contributed by atoms with Gasteiger partial charge in [-0.2, -0.15) is 4.98 Å². The topological polar surface area (TPSA) is 146 Å². The van der Waals surface area contributed by atoms with Gasteiger partial charge in [0.15, 0.2) is 0 Å². The predicted molar refractivity (Wildman–Crippen MR) is 138 cm³/mol. The number of nitrogens with two attached hydrogens (primary N) is 1. The summed E-state index contributed by atoms with van der Waals surface area (Å²) in [5.74, 6) is -0.643. The van der Waals surface area contributed by atoms with Gasteiger partial charge in [-0.3, -0.25) is 14.4 Å². The summed E-state index contributed by atoms with van der Waals surface area (Å²) in [6.07, 6.45) is 1.48. The normalized spacial score (nSPS) is 11.0. The van der Waals surface area contributed by atoms with Crippen LogP contribution in [0.1, 0.15) is 16.1 Å². The van der Waals surface area contributed by atoms with Gasteiger partial charge in [-0.05, 0) is 67.6 Å². The number of hydrogen-bond acceptors (Lipinski definition) is 7. The van der Waals surface area contributed by atoms with E-state index in [0.717, 1.165) is 0 Å². The maximum atomic E-state index is 13.3. The largest absolute Gasteiger partial charge is 0.366 e. The number of hydrogen-bond donors (Lipinski definition) is 2. The van der Waals surface area contributed by atoms with Crippen molar-refractivity contribution in [1.29, 1.82) is 0 Å². The van der Waals surface area contributed by atoms with Crippen molar-refractivity contribution in [3.8, 4) is 22.8 Å². The van der Waals surface area contributed by atoms with E-state index in [0.29, 0.717) is 38.6 Å². The molecule has 3 N–H and O–H groups in total. The Bertz CT molecular complexity index is 1710. The minimum absolute atomic E-state index is 0.00798. The number of carbonyl (C=O) groups excluding carboxylic acids is 2. The van der Waals surface area contributed by atoms with Crippen LogP contribution in [-0.4, -0.2) is 31.5 Å². The Hall–Kier alpha value is -4.83. The Balaban J connectivity index is 1.51. The summed E-state index contributed by atoms with van der Waals surface area (Å²) in [6, 6.07) is 16.4. The molecule has 0 aliphatic rings. The molecule has 2 aromatic carbocycles. The molecule has 0 aliphatic carbocycles. The number of primary amides is 1. The van der Waals surface area contributed by atoms with Crippen molar-refractivity contribution < 1.29 is 14.1 Å². The summed E-state index contributed by atoms with van der Waals surface area (Å²) in [6.45, 7) is 1.63. The molecule has 37 heavy (non-hydrogen) atoms. The Morgan fingerprint density at radius 2 is 1.76 bits per heavy atom. The van der Waals surface area contributed by atoms with E-state index in [1.807, 2.05) is 0 Å². The summed E-state index contributed by atoms with van der Waals surface area (Å²) in [4.78, 5) is 46.3. The van der Waals surface area contributed by atoms with Crippen LogP contribution >= 0.6 is 11.6 Å². The first-order valence-corrected chi connectivity index (χ1v) is 11.5. The molecule has 3 heterocycles. The fraction of sp³-hybridized carbons (Fsp3) is 0.0769. The number of nitrogens with one attached hydrogen (secondary N) is 1. The predicted octanol–water partition coefficient (Wildman–Crippen LogP) is 3.81. The molecule has 0 unspecified atom stereocenters. The zero-order valence-electron chi connectivity index (χ0n) is 19.4.